The van der Waals surface area contributed by atoms with Gasteiger partial charge in [-0.05, 0) is 12.3 Å². The van der Waals surface area contributed by atoms with Crippen molar-refractivity contribution >= 4 is 0 Å². The lowest BCUT2D eigenvalue weighted by atomic mass is 9.83. The molecule has 0 aliphatic heterocycles. The molecule has 4 heteroatoms. The molecule has 1 heterocycles. The molecule has 0 atom stereocenters. The van der Waals surface area contributed by atoms with Gasteiger partial charge in [-0.15, -0.1) is 0 Å². The van der Waals surface area contributed by atoms with Crippen LogP contribution in [0.2, 0.25) is 0 Å². The van der Waals surface area contributed by atoms with Crippen molar-refractivity contribution < 1.29 is 4.74 Å². The highest BCUT2D eigenvalue weighted by atomic mass is 16.5. The number of ether oxygens (including phenoxy) is 1. The summed E-state index contributed by atoms with van der Waals surface area (Å²) in [5.41, 5.74) is -0.137. The maximum absolute atomic E-state index is 11.4. The summed E-state index contributed by atoms with van der Waals surface area (Å²) >= 11 is 0. The van der Waals surface area contributed by atoms with E-state index in [0.29, 0.717) is 18.3 Å². The fourth-order valence-corrected chi connectivity index (χ4v) is 1.91. The number of aromatic nitrogens is 2. The number of nitrogens with one attached hydrogen (secondary N) is 1. The topological polar surface area (TPSA) is 55.0 Å². The molecule has 0 amide bonds. The first-order chi connectivity index (χ1) is 8.15. The highest BCUT2D eigenvalue weighted by molar-refractivity contribution is 5.10. The van der Waals surface area contributed by atoms with Crippen molar-refractivity contribution in [2.75, 3.05) is 6.61 Å². The van der Waals surface area contributed by atoms with Crippen molar-refractivity contribution in [1.82, 2.24) is 9.97 Å². The van der Waals surface area contributed by atoms with Crippen LogP contribution in [0.25, 0.3) is 0 Å². The quantitative estimate of drug-likeness (QED) is 0.854. The molecule has 0 radical (unpaired) electrons. The smallest absolute Gasteiger partial charge is 0.254 e. The van der Waals surface area contributed by atoms with Gasteiger partial charge in [-0.3, -0.25) is 4.79 Å². The number of aromatic amines is 1. The van der Waals surface area contributed by atoms with Gasteiger partial charge in [0.2, 0.25) is 5.88 Å². The molecule has 1 aliphatic rings. The summed E-state index contributed by atoms with van der Waals surface area (Å²) in [6.07, 6.45) is 5.07. The molecule has 1 aliphatic carbocycles. The molecule has 0 saturated heterocycles. The van der Waals surface area contributed by atoms with E-state index >= 15 is 0 Å². The van der Waals surface area contributed by atoms with E-state index in [4.69, 9.17) is 4.74 Å². The number of nitrogens with zero attached hydrogens (tertiary/aromatic N) is 1. The Bertz CT molecular complexity index is 422. The Balaban J connectivity index is 1.92. The maximum atomic E-state index is 11.4. The number of rotatable bonds is 5. The maximum Gasteiger partial charge on any atom is 0.254 e. The van der Waals surface area contributed by atoms with E-state index in [2.05, 4.69) is 9.97 Å². The van der Waals surface area contributed by atoms with Crippen molar-refractivity contribution in [3.63, 3.8) is 0 Å². The molecule has 4 nitrogen and oxygen atoms in total. The molecule has 2 rings (SSSR count). The summed E-state index contributed by atoms with van der Waals surface area (Å²) in [5.74, 6) is 2.17. The van der Waals surface area contributed by atoms with Crippen molar-refractivity contribution in [3.05, 3.63) is 22.2 Å². The average Bonchev–Trinajstić information content (AvgIpc) is 2.21. The summed E-state index contributed by atoms with van der Waals surface area (Å²) < 4.78 is 5.55. The van der Waals surface area contributed by atoms with E-state index in [1.54, 1.807) is 0 Å². The second-order valence-corrected chi connectivity index (χ2v) is 5.06. The second-order valence-electron chi connectivity index (χ2n) is 5.06. The van der Waals surface area contributed by atoms with E-state index in [1.165, 1.54) is 25.3 Å². The number of H-pyrrole nitrogens is 1. The molecule has 0 unspecified atom stereocenters. The molecule has 1 fully saturated rings. The van der Waals surface area contributed by atoms with Crippen molar-refractivity contribution in [2.24, 2.45) is 5.92 Å². The fourth-order valence-electron chi connectivity index (χ4n) is 1.91. The normalized spacial score (nSPS) is 15.9. The minimum absolute atomic E-state index is 0.137. The van der Waals surface area contributed by atoms with Gasteiger partial charge in [0.05, 0.1) is 12.7 Å². The summed E-state index contributed by atoms with van der Waals surface area (Å²) in [7, 11) is 0. The van der Waals surface area contributed by atoms with Gasteiger partial charge >= 0.3 is 0 Å². The third-order valence-electron chi connectivity index (χ3n) is 3.28. The summed E-state index contributed by atoms with van der Waals surface area (Å²) in [5, 5.41) is 0. The summed E-state index contributed by atoms with van der Waals surface area (Å²) in [6.45, 7) is 4.66. The Hall–Kier alpha value is -1.32. The molecule has 94 valence electrons. The average molecular weight is 236 g/mol. The van der Waals surface area contributed by atoms with Crippen LogP contribution in [0.5, 0.6) is 5.88 Å². The van der Waals surface area contributed by atoms with Crippen LogP contribution in [0.4, 0.5) is 0 Å². The molecule has 0 spiro atoms. The van der Waals surface area contributed by atoms with Crippen molar-refractivity contribution in [2.45, 2.75) is 45.4 Å². The zero-order valence-corrected chi connectivity index (χ0v) is 10.5. The Labute approximate surface area is 101 Å². The van der Waals surface area contributed by atoms with Crippen LogP contribution in [0.1, 0.15) is 51.3 Å². The van der Waals surface area contributed by atoms with Crippen molar-refractivity contribution in [1.29, 1.82) is 0 Å². The standard InChI is InChI=1S/C13H20N2O2/c1-9(2)13-14-11(16)8-12(15-13)17-7-6-10-4-3-5-10/h8-10H,3-7H2,1-2H3,(H,14,15,16). The Morgan fingerprint density at radius 3 is 2.88 bits per heavy atom. The van der Waals surface area contributed by atoms with Gasteiger partial charge in [-0.25, -0.2) is 0 Å². The van der Waals surface area contributed by atoms with Crippen LogP contribution in [-0.4, -0.2) is 16.6 Å². The van der Waals surface area contributed by atoms with E-state index in [9.17, 15) is 4.79 Å². The van der Waals surface area contributed by atoms with Crippen LogP contribution in [0, 0.1) is 5.92 Å². The first kappa shape index (κ1) is 12.1. The highest BCUT2D eigenvalue weighted by Gasteiger charge is 2.17. The van der Waals surface area contributed by atoms with Crippen LogP contribution in [-0.2, 0) is 0 Å². The van der Waals surface area contributed by atoms with E-state index in [0.717, 1.165) is 12.3 Å². The molecule has 17 heavy (non-hydrogen) atoms. The van der Waals surface area contributed by atoms with Gasteiger partial charge in [0.15, 0.2) is 0 Å². The van der Waals surface area contributed by atoms with Gasteiger partial charge in [0.25, 0.3) is 5.56 Å². The molecule has 0 aromatic carbocycles. The predicted molar refractivity (Wildman–Crippen MR) is 66.4 cm³/mol. The predicted octanol–water partition coefficient (Wildman–Crippen LogP) is 2.46. The highest BCUT2D eigenvalue weighted by Crippen LogP contribution is 2.29. The van der Waals surface area contributed by atoms with Crippen LogP contribution >= 0.6 is 0 Å². The molecular weight excluding hydrogens is 216 g/mol. The first-order valence-corrected chi connectivity index (χ1v) is 6.39. The lowest BCUT2D eigenvalue weighted by molar-refractivity contribution is 0.216. The molecular formula is C13H20N2O2. The minimum atomic E-state index is -0.137. The third kappa shape index (κ3) is 3.32. The second kappa shape index (κ2) is 5.34. The van der Waals surface area contributed by atoms with Crippen molar-refractivity contribution in [3.8, 4) is 5.88 Å². The molecule has 1 aromatic rings. The monoisotopic (exact) mass is 236 g/mol. The van der Waals surface area contributed by atoms with E-state index < -0.39 is 0 Å². The Kier molecular flexibility index (Phi) is 3.82. The first-order valence-electron chi connectivity index (χ1n) is 6.39. The largest absolute Gasteiger partial charge is 0.477 e. The van der Waals surface area contributed by atoms with Gasteiger partial charge in [-0.2, -0.15) is 4.98 Å². The summed E-state index contributed by atoms with van der Waals surface area (Å²) in [4.78, 5) is 18.4. The lowest BCUT2D eigenvalue weighted by Crippen LogP contribution is -2.17. The minimum Gasteiger partial charge on any atom is -0.477 e. The molecule has 1 aromatic heterocycles. The zero-order valence-electron chi connectivity index (χ0n) is 10.5. The third-order valence-corrected chi connectivity index (χ3v) is 3.28. The van der Waals surface area contributed by atoms with Crippen LogP contribution < -0.4 is 10.3 Å². The van der Waals surface area contributed by atoms with Gasteiger partial charge in [-0.1, -0.05) is 33.1 Å². The van der Waals surface area contributed by atoms with E-state index in [1.807, 2.05) is 13.8 Å². The van der Waals surface area contributed by atoms with Crippen LogP contribution in [0.15, 0.2) is 10.9 Å². The molecule has 0 bridgehead atoms. The van der Waals surface area contributed by atoms with Gasteiger partial charge in [0, 0.05) is 5.92 Å². The number of hydrogen-bond donors (Lipinski definition) is 1. The fraction of sp³-hybridized carbons (Fsp3) is 0.692. The van der Waals surface area contributed by atoms with Crippen LogP contribution in [0.3, 0.4) is 0 Å². The lowest BCUT2D eigenvalue weighted by Gasteiger charge is -2.24. The molecule has 1 saturated carbocycles. The number of hydrogen-bond acceptors (Lipinski definition) is 3. The molecule has 1 N–H and O–H groups in total. The van der Waals surface area contributed by atoms with Gasteiger partial charge in [0.1, 0.15) is 5.82 Å². The zero-order chi connectivity index (χ0) is 12.3. The SMILES string of the molecule is CC(C)c1nc(OCCC2CCC2)cc(=O)[nH]1. The Morgan fingerprint density at radius 1 is 1.53 bits per heavy atom. The van der Waals surface area contributed by atoms with Gasteiger partial charge < -0.3 is 9.72 Å². The Morgan fingerprint density at radius 2 is 2.29 bits per heavy atom. The van der Waals surface area contributed by atoms with E-state index in [-0.39, 0.29) is 11.5 Å². The summed E-state index contributed by atoms with van der Waals surface area (Å²) in [6, 6.07) is 1.42.